The minimum Gasteiger partial charge on any atom is -0.497 e. The molecule has 1 rings (SSSR count). The average Bonchev–Trinajstić information content (AvgIpc) is 2.61. The van der Waals surface area contributed by atoms with Gasteiger partial charge >= 0.3 is 6.09 Å². The standard InChI is InChI=1S/C20H33N3O4/c1-16(12-13-22(5)19(24)27-20(2,3)4)23(21-15-25-6)14-17-8-10-18(26-7)11-9-17/h8-11,15-16H,12-14H2,1-7H3/b21-15-. The Balaban J connectivity index is 2.67. The highest BCUT2D eigenvalue weighted by molar-refractivity contribution is 5.67. The predicted molar refractivity (Wildman–Crippen MR) is 107 cm³/mol. The lowest BCUT2D eigenvalue weighted by Crippen LogP contribution is -2.37. The number of ether oxygens (including phenoxy) is 3. The number of nitrogens with zero attached hydrogens (tertiary/aromatic N) is 3. The molecule has 1 atom stereocenters. The number of methoxy groups -OCH3 is 2. The summed E-state index contributed by atoms with van der Waals surface area (Å²) in [5.41, 5.74) is 0.608. The van der Waals surface area contributed by atoms with Crippen molar-refractivity contribution in [3.05, 3.63) is 29.8 Å². The van der Waals surface area contributed by atoms with Crippen molar-refractivity contribution in [2.45, 2.75) is 52.3 Å². The molecule has 0 radical (unpaired) electrons. The molecule has 0 saturated heterocycles. The molecule has 0 spiro atoms. The minimum atomic E-state index is -0.500. The summed E-state index contributed by atoms with van der Waals surface area (Å²) in [5.74, 6) is 0.817. The molecule has 1 unspecified atom stereocenters. The molecule has 0 bridgehead atoms. The molecule has 0 saturated carbocycles. The molecule has 1 amide bonds. The highest BCUT2D eigenvalue weighted by Gasteiger charge is 2.21. The second-order valence-corrected chi connectivity index (χ2v) is 7.44. The molecule has 0 aliphatic rings. The van der Waals surface area contributed by atoms with E-state index >= 15 is 0 Å². The Morgan fingerprint density at radius 1 is 1.22 bits per heavy atom. The first-order valence-corrected chi connectivity index (χ1v) is 9.05. The number of hydrazone groups is 1. The lowest BCUT2D eigenvalue weighted by atomic mass is 10.1. The lowest BCUT2D eigenvalue weighted by Gasteiger charge is -2.29. The summed E-state index contributed by atoms with van der Waals surface area (Å²) >= 11 is 0. The van der Waals surface area contributed by atoms with Crippen LogP contribution in [0.15, 0.2) is 29.4 Å². The zero-order valence-corrected chi connectivity index (χ0v) is 17.6. The Hall–Kier alpha value is -2.44. The van der Waals surface area contributed by atoms with E-state index in [1.54, 1.807) is 26.2 Å². The van der Waals surface area contributed by atoms with Gasteiger partial charge in [-0.25, -0.2) is 4.79 Å². The number of rotatable bonds is 9. The number of hydrogen-bond acceptors (Lipinski definition) is 6. The first kappa shape index (κ1) is 22.6. The largest absolute Gasteiger partial charge is 0.497 e. The van der Waals surface area contributed by atoms with E-state index in [0.717, 1.165) is 17.7 Å². The molecular weight excluding hydrogens is 346 g/mol. The topological polar surface area (TPSA) is 63.6 Å². The molecule has 0 heterocycles. The van der Waals surface area contributed by atoms with E-state index in [2.05, 4.69) is 12.0 Å². The first-order valence-electron chi connectivity index (χ1n) is 9.05. The summed E-state index contributed by atoms with van der Waals surface area (Å²) in [6.07, 6.45) is 1.83. The van der Waals surface area contributed by atoms with Crippen LogP contribution in [0.25, 0.3) is 0 Å². The SMILES string of the molecule is CO/C=N\N(Cc1ccc(OC)cc1)C(C)CCN(C)C(=O)OC(C)(C)C. The monoisotopic (exact) mass is 379 g/mol. The van der Waals surface area contributed by atoms with E-state index in [-0.39, 0.29) is 12.1 Å². The van der Waals surface area contributed by atoms with Crippen molar-refractivity contribution in [3.8, 4) is 5.75 Å². The van der Waals surface area contributed by atoms with Gasteiger partial charge < -0.3 is 19.1 Å². The van der Waals surface area contributed by atoms with Gasteiger partial charge in [0.1, 0.15) is 11.4 Å². The van der Waals surface area contributed by atoms with Gasteiger partial charge in [-0.2, -0.15) is 0 Å². The Kier molecular flexibility index (Phi) is 8.91. The van der Waals surface area contributed by atoms with Gasteiger partial charge in [0.2, 0.25) is 0 Å². The summed E-state index contributed by atoms with van der Waals surface area (Å²) < 4.78 is 15.6. The van der Waals surface area contributed by atoms with Crippen molar-refractivity contribution in [2.24, 2.45) is 5.10 Å². The molecule has 0 aromatic heterocycles. The number of hydrogen-bond donors (Lipinski definition) is 0. The Morgan fingerprint density at radius 2 is 1.85 bits per heavy atom. The van der Waals surface area contributed by atoms with E-state index < -0.39 is 5.60 Å². The van der Waals surface area contributed by atoms with Crippen molar-refractivity contribution < 1.29 is 19.0 Å². The average molecular weight is 380 g/mol. The van der Waals surface area contributed by atoms with Gasteiger partial charge in [-0.3, -0.25) is 5.01 Å². The Morgan fingerprint density at radius 3 is 2.37 bits per heavy atom. The molecule has 0 aliphatic carbocycles. The van der Waals surface area contributed by atoms with Crippen molar-refractivity contribution >= 4 is 12.5 Å². The minimum absolute atomic E-state index is 0.100. The van der Waals surface area contributed by atoms with Crippen LogP contribution in [-0.4, -0.2) is 61.9 Å². The number of benzene rings is 1. The summed E-state index contributed by atoms with van der Waals surface area (Å²) in [4.78, 5) is 13.7. The van der Waals surface area contributed by atoms with Crippen LogP contribution in [0.4, 0.5) is 4.79 Å². The zero-order chi connectivity index (χ0) is 20.4. The van der Waals surface area contributed by atoms with E-state index in [0.29, 0.717) is 13.1 Å². The zero-order valence-electron chi connectivity index (χ0n) is 17.6. The van der Waals surface area contributed by atoms with Crippen LogP contribution >= 0.6 is 0 Å². The fourth-order valence-corrected chi connectivity index (χ4v) is 2.30. The van der Waals surface area contributed by atoms with Crippen LogP contribution in [0, 0.1) is 0 Å². The van der Waals surface area contributed by atoms with Gasteiger partial charge in [0.05, 0.1) is 20.8 Å². The first-order chi connectivity index (χ1) is 12.7. The van der Waals surface area contributed by atoms with Crippen LogP contribution in [0.3, 0.4) is 0 Å². The van der Waals surface area contributed by atoms with Crippen molar-refractivity contribution in [3.63, 3.8) is 0 Å². The fraction of sp³-hybridized carbons (Fsp3) is 0.600. The van der Waals surface area contributed by atoms with Crippen molar-refractivity contribution in [1.29, 1.82) is 0 Å². The summed E-state index contributed by atoms with van der Waals surface area (Å²) in [7, 11) is 4.95. The molecule has 0 N–H and O–H groups in total. The van der Waals surface area contributed by atoms with E-state index in [4.69, 9.17) is 14.2 Å². The number of carbonyl (C=O) groups excluding carboxylic acids is 1. The van der Waals surface area contributed by atoms with E-state index in [9.17, 15) is 4.79 Å². The molecule has 0 aliphatic heterocycles. The third kappa shape index (κ3) is 8.66. The summed E-state index contributed by atoms with van der Waals surface area (Å²) in [6, 6.07) is 7.97. The van der Waals surface area contributed by atoms with E-state index in [1.807, 2.05) is 50.0 Å². The fourth-order valence-electron chi connectivity index (χ4n) is 2.30. The maximum absolute atomic E-state index is 12.1. The van der Waals surface area contributed by atoms with E-state index in [1.165, 1.54) is 6.40 Å². The highest BCUT2D eigenvalue weighted by atomic mass is 16.6. The molecule has 0 fully saturated rings. The van der Waals surface area contributed by atoms with Gasteiger partial charge in [-0.15, -0.1) is 5.10 Å². The van der Waals surface area contributed by atoms with Crippen molar-refractivity contribution in [2.75, 3.05) is 27.8 Å². The van der Waals surface area contributed by atoms with Gasteiger partial charge in [0.25, 0.3) is 0 Å². The molecule has 7 nitrogen and oxygen atoms in total. The highest BCUT2D eigenvalue weighted by Crippen LogP contribution is 2.16. The van der Waals surface area contributed by atoms with Gasteiger partial charge in [0, 0.05) is 19.6 Å². The molecule has 7 heteroatoms. The second-order valence-electron chi connectivity index (χ2n) is 7.44. The molecule has 1 aromatic rings. The van der Waals surface area contributed by atoms with Gasteiger partial charge in [-0.05, 0) is 51.8 Å². The third-order valence-electron chi connectivity index (χ3n) is 3.90. The third-order valence-corrected chi connectivity index (χ3v) is 3.90. The maximum atomic E-state index is 12.1. The Bertz CT molecular complexity index is 596. The Labute approximate surface area is 162 Å². The quantitative estimate of drug-likeness (QED) is 0.372. The van der Waals surface area contributed by atoms with Crippen LogP contribution < -0.4 is 4.74 Å². The van der Waals surface area contributed by atoms with Gasteiger partial charge in [0.15, 0.2) is 6.40 Å². The summed E-state index contributed by atoms with van der Waals surface area (Å²) in [5, 5.41) is 6.32. The van der Waals surface area contributed by atoms with Crippen LogP contribution in [0.2, 0.25) is 0 Å². The molecule has 27 heavy (non-hydrogen) atoms. The smallest absolute Gasteiger partial charge is 0.410 e. The van der Waals surface area contributed by atoms with Gasteiger partial charge in [-0.1, -0.05) is 12.1 Å². The lowest BCUT2D eigenvalue weighted by molar-refractivity contribution is 0.0283. The molecular formula is C20H33N3O4. The van der Waals surface area contributed by atoms with Crippen molar-refractivity contribution in [1.82, 2.24) is 9.91 Å². The maximum Gasteiger partial charge on any atom is 0.410 e. The summed E-state index contributed by atoms with van der Waals surface area (Å²) in [6.45, 7) is 8.84. The van der Waals surface area contributed by atoms with Crippen LogP contribution in [0.1, 0.15) is 39.7 Å². The molecule has 1 aromatic carbocycles. The van der Waals surface area contributed by atoms with Crippen LogP contribution in [-0.2, 0) is 16.0 Å². The van der Waals surface area contributed by atoms with Crippen LogP contribution in [0.5, 0.6) is 5.75 Å². The number of amides is 1. The number of carbonyl (C=O) groups is 1. The molecule has 152 valence electrons. The predicted octanol–water partition coefficient (Wildman–Crippen LogP) is 3.73. The second kappa shape index (κ2) is 10.6. The normalized spacial score (nSPS) is 12.6.